The van der Waals surface area contributed by atoms with E-state index in [2.05, 4.69) is 27.2 Å². The molecule has 3 aliphatic heterocycles. The highest BCUT2D eigenvalue weighted by atomic mass is 19.4. The zero-order valence-corrected chi connectivity index (χ0v) is 18.4. The molecule has 3 unspecified atom stereocenters. The molecule has 0 spiro atoms. The molecule has 1 aromatic heterocycles. The normalized spacial score (nSPS) is 28.3. The summed E-state index contributed by atoms with van der Waals surface area (Å²) in [5.74, 6) is 0.426. The zero-order chi connectivity index (χ0) is 23.8. The van der Waals surface area contributed by atoms with Crippen molar-refractivity contribution in [1.82, 2.24) is 15.6 Å². The molecule has 0 radical (unpaired) electrons. The molecule has 3 atom stereocenters. The summed E-state index contributed by atoms with van der Waals surface area (Å²) in [6.07, 6.45) is -4.24. The molecule has 3 fully saturated rings. The molecule has 1 amide bonds. The third kappa shape index (κ3) is 4.60. The van der Waals surface area contributed by atoms with Crippen molar-refractivity contribution in [2.75, 3.05) is 31.2 Å². The molecule has 178 valence electrons. The van der Waals surface area contributed by atoms with Gasteiger partial charge in [0.15, 0.2) is 0 Å². The average Bonchev–Trinajstić information content (AvgIpc) is 3.26. The Bertz CT molecular complexity index is 1010. The van der Waals surface area contributed by atoms with Crippen molar-refractivity contribution >= 4 is 23.3 Å². The average molecular weight is 465 g/mol. The predicted octanol–water partition coefficient (Wildman–Crippen LogP) is 3.11. The van der Waals surface area contributed by atoms with Crippen molar-refractivity contribution in [1.29, 1.82) is 0 Å². The summed E-state index contributed by atoms with van der Waals surface area (Å²) in [7, 11) is 0. The lowest BCUT2D eigenvalue weighted by molar-refractivity contribution is -0.137. The summed E-state index contributed by atoms with van der Waals surface area (Å²) in [5.41, 5.74) is 0.243. The molecule has 3 aliphatic rings. The molecule has 33 heavy (non-hydrogen) atoms. The lowest BCUT2D eigenvalue weighted by Crippen LogP contribution is -2.57. The number of alkyl carbamates (subject to hydrolysis) is 1. The molecule has 1 aromatic rings. The number of carbonyl (C=O) groups excluding carboxylic acids is 1. The Morgan fingerprint density at radius 1 is 1.39 bits per heavy atom. The van der Waals surface area contributed by atoms with Crippen molar-refractivity contribution in [3.63, 3.8) is 0 Å². The van der Waals surface area contributed by atoms with E-state index in [1.165, 1.54) is 6.20 Å². The summed E-state index contributed by atoms with van der Waals surface area (Å²) < 4.78 is 52.5. The summed E-state index contributed by atoms with van der Waals surface area (Å²) in [5, 5.41) is 5.85. The molecular formula is C22H26F3N5O3. The molecule has 0 aromatic carbocycles. The van der Waals surface area contributed by atoms with Gasteiger partial charge in [0.05, 0.1) is 36.6 Å². The fourth-order valence-corrected chi connectivity index (χ4v) is 4.46. The lowest BCUT2D eigenvalue weighted by Gasteiger charge is -2.38. The van der Waals surface area contributed by atoms with Crippen LogP contribution >= 0.6 is 0 Å². The van der Waals surface area contributed by atoms with Crippen molar-refractivity contribution < 1.29 is 27.4 Å². The van der Waals surface area contributed by atoms with Crippen molar-refractivity contribution in [3.8, 4) is 0 Å². The minimum Gasteiger partial charge on any atom is -0.441 e. The SMILES string of the molecule is C=CN=C1NC(=O)OC(CC)/C1=C(/C)c1cc(C(F)(F)F)cc(N2CCNC3COCC32)n1. The highest BCUT2D eigenvalue weighted by Gasteiger charge is 2.39. The van der Waals surface area contributed by atoms with Crippen molar-refractivity contribution in [3.05, 3.63) is 41.7 Å². The number of rotatable bonds is 4. The number of cyclic esters (lactones) is 1. The summed E-state index contributed by atoms with van der Waals surface area (Å²) in [6, 6.07) is 2.03. The number of aromatic nitrogens is 1. The number of pyridine rings is 1. The van der Waals surface area contributed by atoms with Gasteiger partial charge in [0, 0.05) is 24.9 Å². The molecule has 8 nitrogen and oxygen atoms in total. The number of hydrogen-bond donors (Lipinski definition) is 2. The second-order valence-electron chi connectivity index (χ2n) is 8.08. The van der Waals surface area contributed by atoms with Crippen molar-refractivity contribution in [2.24, 2.45) is 4.99 Å². The number of ether oxygens (including phenoxy) is 2. The predicted molar refractivity (Wildman–Crippen MR) is 117 cm³/mol. The van der Waals surface area contributed by atoms with Crippen LogP contribution in [-0.4, -0.2) is 61.4 Å². The van der Waals surface area contributed by atoms with E-state index < -0.39 is 23.9 Å². The van der Waals surface area contributed by atoms with E-state index in [-0.39, 0.29) is 29.4 Å². The maximum absolute atomic E-state index is 13.9. The summed E-state index contributed by atoms with van der Waals surface area (Å²) in [6.45, 7) is 9.07. The zero-order valence-electron chi connectivity index (χ0n) is 18.4. The second kappa shape index (κ2) is 9.14. The van der Waals surface area contributed by atoms with E-state index in [0.717, 1.165) is 12.1 Å². The Hall–Kier alpha value is -2.92. The van der Waals surface area contributed by atoms with Crippen LogP contribution in [0.4, 0.5) is 23.8 Å². The van der Waals surface area contributed by atoms with Crippen LogP contribution in [0, 0.1) is 0 Å². The van der Waals surface area contributed by atoms with Crippen LogP contribution in [-0.2, 0) is 15.7 Å². The molecule has 2 N–H and O–H groups in total. The number of fused-ring (bicyclic) bond motifs is 1. The minimum absolute atomic E-state index is 0.0377. The molecule has 0 bridgehead atoms. The van der Waals surface area contributed by atoms with Crippen LogP contribution in [0.2, 0.25) is 0 Å². The number of nitrogens with zero attached hydrogens (tertiary/aromatic N) is 3. The number of carbonyl (C=O) groups is 1. The number of halogens is 3. The summed E-state index contributed by atoms with van der Waals surface area (Å²) >= 11 is 0. The number of nitrogens with one attached hydrogen (secondary N) is 2. The third-order valence-corrected chi connectivity index (χ3v) is 6.07. The number of allylic oxidation sites excluding steroid dienone is 1. The third-order valence-electron chi connectivity index (χ3n) is 6.07. The Kier molecular flexibility index (Phi) is 6.44. The Balaban J connectivity index is 1.85. The van der Waals surface area contributed by atoms with Crippen LogP contribution < -0.4 is 15.5 Å². The maximum atomic E-state index is 13.9. The Labute approximate surface area is 189 Å². The number of amidine groups is 1. The van der Waals surface area contributed by atoms with Crippen molar-refractivity contribution in [2.45, 2.75) is 44.6 Å². The van der Waals surface area contributed by atoms with Gasteiger partial charge in [-0.25, -0.2) is 14.8 Å². The molecule has 4 rings (SSSR count). The van der Waals surface area contributed by atoms with E-state index in [0.29, 0.717) is 43.9 Å². The number of anilines is 1. The number of piperazine rings is 1. The number of alkyl halides is 3. The van der Waals surface area contributed by atoms with Crippen LogP contribution in [0.1, 0.15) is 31.5 Å². The number of aliphatic imine (C=N–C) groups is 1. The standard InChI is InChI=1S/C22H26F3N5O3/c1-4-17-19(20(26-5-2)29-21(31)33-17)12(3)14-8-13(22(23,24)25)9-18(28-14)30-7-6-27-15-10-32-11-16(15)30/h5,8-9,15-17,27H,2,4,6-7,10-11H2,1,3H3,(H,26,29,31)/b19-12+. The molecule has 4 heterocycles. The van der Waals surface area contributed by atoms with Gasteiger partial charge in [0.25, 0.3) is 0 Å². The topological polar surface area (TPSA) is 88.1 Å². The van der Waals surface area contributed by atoms with Crippen LogP contribution in [0.3, 0.4) is 0 Å². The monoisotopic (exact) mass is 465 g/mol. The lowest BCUT2D eigenvalue weighted by atomic mass is 9.96. The molecule has 0 saturated carbocycles. The van der Waals surface area contributed by atoms with Gasteiger partial charge < -0.3 is 19.7 Å². The van der Waals surface area contributed by atoms with Crippen LogP contribution in [0.25, 0.3) is 5.57 Å². The summed E-state index contributed by atoms with van der Waals surface area (Å²) in [4.78, 5) is 22.5. The first-order valence-electron chi connectivity index (χ1n) is 10.8. The van der Waals surface area contributed by atoms with E-state index in [4.69, 9.17) is 9.47 Å². The molecule has 11 heteroatoms. The van der Waals surface area contributed by atoms with Gasteiger partial charge in [-0.2, -0.15) is 13.2 Å². The molecule has 0 aliphatic carbocycles. The van der Waals surface area contributed by atoms with Gasteiger partial charge in [-0.1, -0.05) is 13.5 Å². The van der Waals surface area contributed by atoms with Gasteiger partial charge in [0.1, 0.15) is 17.8 Å². The highest BCUT2D eigenvalue weighted by molar-refractivity contribution is 6.13. The number of hydrogen-bond acceptors (Lipinski definition) is 7. The number of amides is 1. The van der Waals surface area contributed by atoms with Gasteiger partial charge in [-0.15, -0.1) is 0 Å². The largest absolute Gasteiger partial charge is 0.441 e. The van der Waals surface area contributed by atoms with Gasteiger partial charge in [-0.3, -0.25) is 5.32 Å². The van der Waals surface area contributed by atoms with Gasteiger partial charge in [-0.05, 0) is 31.1 Å². The van der Waals surface area contributed by atoms with Gasteiger partial charge >= 0.3 is 12.3 Å². The van der Waals surface area contributed by atoms with Crippen LogP contribution in [0.15, 0.2) is 35.5 Å². The highest BCUT2D eigenvalue weighted by Crippen LogP contribution is 2.36. The molecule has 3 saturated heterocycles. The Morgan fingerprint density at radius 3 is 2.88 bits per heavy atom. The van der Waals surface area contributed by atoms with E-state index >= 15 is 0 Å². The first-order chi connectivity index (χ1) is 15.7. The fourth-order valence-electron chi connectivity index (χ4n) is 4.46. The fraction of sp³-hybridized carbons (Fsp3) is 0.500. The van der Waals surface area contributed by atoms with Crippen LogP contribution in [0.5, 0.6) is 0 Å². The first-order valence-corrected chi connectivity index (χ1v) is 10.8. The van der Waals surface area contributed by atoms with E-state index in [1.54, 1.807) is 6.92 Å². The molecular weight excluding hydrogens is 439 g/mol. The second-order valence-corrected chi connectivity index (χ2v) is 8.08. The van der Waals surface area contributed by atoms with Gasteiger partial charge in [0.2, 0.25) is 0 Å². The quantitative estimate of drug-likeness (QED) is 0.711. The van der Waals surface area contributed by atoms with E-state index in [1.807, 2.05) is 11.8 Å². The Morgan fingerprint density at radius 2 is 2.18 bits per heavy atom. The minimum atomic E-state index is -4.56. The first kappa shape index (κ1) is 23.2. The smallest absolute Gasteiger partial charge is 0.416 e. The maximum Gasteiger partial charge on any atom is 0.416 e. The van der Waals surface area contributed by atoms with E-state index in [9.17, 15) is 18.0 Å².